The Kier molecular flexibility index (Phi) is 6.93. The van der Waals surface area contributed by atoms with E-state index in [4.69, 9.17) is 11.6 Å². The Labute approximate surface area is 199 Å². The van der Waals surface area contributed by atoms with Crippen molar-refractivity contribution in [1.29, 1.82) is 0 Å². The zero-order chi connectivity index (χ0) is 22.7. The maximum atomic E-state index is 13.4. The highest BCUT2D eigenvalue weighted by molar-refractivity contribution is 7.87. The molecule has 1 saturated carbocycles. The summed E-state index contributed by atoms with van der Waals surface area (Å²) in [5, 5.41) is 6.35. The lowest BCUT2D eigenvalue weighted by Gasteiger charge is -2.28. The second-order valence-corrected chi connectivity index (χ2v) is 10.6. The number of nitrogens with zero attached hydrogens (tertiary/aromatic N) is 2. The van der Waals surface area contributed by atoms with Crippen LogP contribution in [0.3, 0.4) is 0 Å². The second-order valence-electron chi connectivity index (χ2n) is 7.85. The van der Waals surface area contributed by atoms with E-state index in [1.165, 1.54) is 11.3 Å². The minimum atomic E-state index is -1.11. The van der Waals surface area contributed by atoms with Gasteiger partial charge in [-0.2, -0.15) is 0 Å². The number of nitrogens with one attached hydrogen (secondary N) is 2. The predicted molar refractivity (Wildman–Crippen MR) is 132 cm³/mol. The van der Waals surface area contributed by atoms with Crippen LogP contribution < -0.4 is 10.0 Å². The van der Waals surface area contributed by atoms with E-state index >= 15 is 0 Å². The molecule has 9 heteroatoms. The van der Waals surface area contributed by atoms with Crippen molar-refractivity contribution < 1.29 is 9.00 Å². The summed E-state index contributed by atoms with van der Waals surface area (Å²) in [5.41, 5.74) is 2.55. The molecule has 0 aliphatic heterocycles. The SMILES string of the molecule is CCC(CC)(C(=O)Nc1ccc(-c2cncc(Cl)c2)cc1)c1csc(NS(=O)C2CC2)n1. The highest BCUT2D eigenvalue weighted by Crippen LogP contribution is 2.36. The third kappa shape index (κ3) is 4.87. The van der Waals surface area contributed by atoms with Crippen LogP contribution in [-0.2, 0) is 21.2 Å². The smallest absolute Gasteiger partial charge is 0.236 e. The molecule has 1 amide bonds. The lowest BCUT2D eigenvalue weighted by Crippen LogP contribution is -2.39. The van der Waals surface area contributed by atoms with Gasteiger partial charge in [0.1, 0.15) is 11.0 Å². The van der Waals surface area contributed by atoms with Crippen LogP contribution in [0.25, 0.3) is 11.1 Å². The fraction of sp³-hybridized carbons (Fsp3) is 0.348. The van der Waals surface area contributed by atoms with Crippen LogP contribution in [0.1, 0.15) is 45.2 Å². The van der Waals surface area contributed by atoms with Crippen LogP contribution in [0, 0.1) is 0 Å². The van der Waals surface area contributed by atoms with Gasteiger partial charge in [0.15, 0.2) is 5.13 Å². The highest BCUT2D eigenvalue weighted by Gasteiger charge is 2.39. The number of anilines is 2. The van der Waals surface area contributed by atoms with E-state index in [0.29, 0.717) is 34.4 Å². The lowest BCUT2D eigenvalue weighted by atomic mass is 9.78. The minimum Gasteiger partial charge on any atom is -0.325 e. The molecule has 1 aliphatic rings. The number of halogens is 1. The van der Waals surface area contributed by atoms with Gasteiger partial charge in [-0.15, -0.1) is 11.3 Å². The van der Waals surface area contributed by atoms with Gasteiger partial charge in [0.05, 0.1) is 21.4 Å². The van der Waals surface area contributed by atoms with Crippen molar-refractivity contribution in [3.05, 3.63) is 58.8 Å². The van der Waals surface area contributed by atoms with E-state index in [0.717, 1.165) is 24.0 Å². The van der Waals surface area contributed by atoms with Crippen molar-refractivity contribution in [3.63, 3.8) is 0 Å². The molecule has 32 heavy (non-hydrogen) atoms. The van der Waals surface area contributed by atoms with Crippen LogP contribution in [0.4, 0.5) is 10.8 Å². The summed E-state index contributed by atoms with van der Waals surface area (Å²) in [6.45, 7) is 3.99. The standard InChI is InChI=1S/C23H25ClN4O2S2/c1-3-23(4-2,20-14-31-22(27-20)28-32(30)19-9-10-19)21(29)26-18-7-5-15(6-8-18)16-11-17(24)13-25-12-16/h5-8,11-14,19H,3-4,9-10H2,1-2H3,(H,26,29)(H,27,28). The molecule has 1 aliphatic carbocycles. The summed E-state index contributed by atoms with van der Waals surface area (Å²) in [7, 11) is -1.11. The Morgan fingerprint density at radius 3 is 2.53 bits per heavy atom. The van der Waals surface area contributed by atoms with E-state index in [1.807, 2.05) is 49.6 Å². The first kappa shape index (κ1) is 22.9. The van der Waals surface area contributed by atoms with E-state index in [9.17, 15) is 9.00 Å². The number of carbonyl (C=O) groups excluding carboxylic acids is 1. The van der Waals surface area contributed by atoms with Crippen LogP contribution in [0.5, 0.6) is 0 Å². The van der Waals surface area contributed by atoms with E-state index < -0.39 is 16.4 Å². The number of amides is 1. The molecule has 1 aromatic carbocycles. The maximum Gasteiger partial charge on any atom is 0.236 e. The van der Waals surface area contributed by atoms with E-state index in [-0.39, 0.29) is 11.2 Å². The molecule has 1 atom stereocenters. The monoisotopic (exact) mass is 488 g/mol. The Morgan fingerprint density at radius 2 is 1.91 bits per heavy atom. The molecule has 0 radical (unpaired) electrons. The molecule has 2 heterocycles. The molecule has 2 aromatic heterocycles. The summed E-state index contributed by atoms with van der Waals surface area (Å²) < 4.78 is 15.2. The Balaban J connectivity index is 1.50. The van der Waals surface area contributed by atoms with Gasteiger partial charge in [-0.1, -0.05) is 37.6 Å². The highest BCUT2D eigenvalue weighted by atomic mass is 35.5. The molecular weight excluding hydrogens is 464 g/mol. The molecular formula is C23H25ClN4O2S2. The number of benzene rings is 1. The first-order valence-corrected chi connectivity index (χ1v) is 13.1. The third-order valence-corrected chi connectivity index (χ3v) is 8.40. The van der Waals surface area contributed by atoms with Crippen molar-refractivity contribution in [1.82, 2.24) is 9.97 Å². The second kappa shape index (κ2) is 9.68. The number of pyridine rings is 1. The quantitative estimate of drug-likeness (QED) is 0.399. The normalized spacial score (nSPS) is 14.7. The summed E-state index contributed by atoms with van der Waals surface area (Å²) in [6, 6.07) is 9.46. The molecule has 6 nitrogen and oxygen atoms in total. The van der Waals surface area contributed by atoms with Crippen molar-refractivity contribution in [2.24, 2.45) is 0 Å². The van der Waals surface area contributed by atoms with Gasteiger partial charge in [-0.05, 0) is 49.4 Å². The van der Waals surface area contributed by atoms with Gasteiger partial charge in [0.25, 0.3) is 0 Å². The number of rotatable bonds is 9. The van der Waals surface area contributed by atoms with Gasteiger partial charge < -0.3 is 5.32 Å². The van der Waals surface area contributed by atoms with Gasteiger partial charge in [0.2, 0.25) is 5.91 Å². The zero-order valence-corrected chi connectivity index (χ0v) is 20.3. The largest absolute Gasteiger partial charge is 0.325 e. The molecule has 3 aromatic rings. The molecule has 2 N–H and O–H groups in total. The molecule has 168 valence electrons. The van der Waals surface area contributed by atoms with Crippen LogP contribution >= 0.6 is 22.9 Å². The number of hydrogen-bond donors (Lipinski definition) is 2. The Bertz CT molecular complexity index is 1130. The van der Waals surface area contributed by atoms with Crippen LogP contribution in [0.2, 0.25) is 5.02 Å². The first-order valence-electron chi connectivity index (χ1n) is 10.6. The summed E-state index contributed by atoms with van der Waals surface area (Å²) in [5.74, 6) is -0.0974. The maximum absolute atomic E-state index is 13.4. The van der Waals surface area contributed by atoms with Crippen LogP contribution in [0.15, 0.2) is 48.1 Å². The molecule has 1 unspecified atom stereocenters. The average molecular weight is 489 g/mol. The molecule has 0 saturated heterocycles. The fourth-order valence-corrected chi connectivity index (χ4v) is 5.82. The summed E-state index contributed by atoms with van der Waals surface area (Å²) in [4.78, 5) is 22.1. The molecule has 1 fully saturated rings. The van der Waals surface area contributed by atoms with Gasteiger partial charge >= 0.3 is 0 Å². The van der Waals surface area contributed by atoms with Crippen LogP contribution in [-0.4, -0.2) is 25.3 Å². The van der Waals surface area contributed by atoms with Gasteiger partial charge in [-0.3, -0.25) is 14.5 Å². The van der Waals surface area contributed by atoms with Crippen molar-refractivity contribution >= 4 is 50.6 Å². The number of carbonyl (C=O) groups is 1. The topological polar surface area (TPSA) is 84.0 Å². The predicted octanol–water partition coefficient (Wildman–Crippen LogP) is 5.79. The Morgan fingerprint density at radius 1 is 1.19 bits per heavy atom. The number of thiazole rings is 1. The number of hydrogen-bond acceptors (Lipinski definition) is 5. The summed E-state index contributed by atoms with van der Waals surface area (Å²) in [6.07, 6.45) is 6.54. The molecule has 0 spiro atoms. The lowest BCUT2D eigenvalue weighted by molar-refractivity contribution is -0.122. The Hall–Kier alpha value is -2.29. The van der Waals surface area contributed by atoms with Crippen molar-refractivity contribution in [2.45, 2.75) is 50.2 Å². The fourth-order valence-electron chi connectivity index (χ4n) is 3.61. The zero-order valence-electron chi connectivity index (χ0n) is 17.9. The first-order chi connectivity index (χ1) is 15.4. The van der Waals surface area contributed by atoms with E-state index in [1.54, 1.807) is 12.4 Å². The van der Waals surface area contributed by atoms with Gasteiger partial charge in [0, 0.05) is 29.0 Å². The number of aromatic nitrogens is 2. The van der Waals surface area contributed by atoms with Gasteiger partial charge in [-0.25, -0.2) is 9.19 Å². The van der Waals surface area contributed by atoms with Crippen molar-refractivity contribution in [3.8, 4) is 11.1 Å². The summed E-state index contributed by atoms with van der Waals surface area (Å²) >= 11 is 7.43. The van der Waals surface area contributed by atoms with Crippen molar-refractivity contribution in [2.75, 3.05) is 10.0 Å². The molecule has 4 rings (SSSR count). The third-order valence-electron chi connectivity index (χ3n) is 5.83. The average Bonchev–Trinajstić information content (AvgIpc) is 3.55. The van der Waals surface area contributed by atoms with E-state index in [2.05, 4.69) is 20.0 Å². The minimum absolute atomic E-state index is 0.0974. The molecule has 0 bridgehead atoms.